The molecule has 2 aromatic carbocycles. The number of furan rings is 1. The standard InChI is InChI=1S/C23H20FN3O4/c1-10-7-13-8-15-18(30-12(3)23(28)25-15)9-14(13)21(27-26-10)22-11(2)19-16(31-22)5-6-17(29-4)20(19)24/h5-6,8-9,12H,7H2,1-4H3,(H,25,28). The van der Waals surface area contributed by atoms with Crippen molar-refractivity contribution in [2.45, 2.75) is 33.3 Å². The van der Waals surface area contributed by atoms with Crippen LogP contribution in [-0.2, 0) is 11.2 Å². The van der Waals surface area contributed by atoms with Gasteiger partial charge in [-0.25, -0.2) is 4.39 Å². The van der Waals surface area contributed by atoms with Gasteiger partial charge in [0.15, 0.2) is 23.4 Å². The van der Waals surface area contributed by atoms with E-state index in [1.165, 1.54) is 13.2 Å². The molecule has 0 radical (unpaired) electrons. The molecule has 1 amide bonds. The molecule has 5 rings (SSSR count). The number of nitrogens with zero attached hydrogens (tertiary/aromatic N) is 2. The van der Waals surface area contributed by atoms with Gasteiger partial charge in [0.05, 0.1) is 18.2 Å². The molecule has 0 fully saturated rings. The summed E-state index contributed by atoms with van der Waals surface area (Å²) in [6.45, 7) is 5.35. The van der Waals surface area contributed by atoms with Gasteiger partial charge in [0.1, 0.15) is 17.0 Å². The van der Waals surface area contributed by atoms with Crippen LogP contribution in [0.1, 0.15) is 36.3 Å². The quantitative estimate of drug-likeness (QED) is 0.666. The second-order valence-corrected chi connectivity index (χ2v) is 7.73. The molecule has 0 bridgehead atoms. The number of carbonyl (C=O) groups excluding carboxylic acids is 1. The summed E-state index contributed by atoms with van der Waals surface area (Å²) in [7, 11) is 1.42. The Bertz CT molecular complexity index is 1320. The summed E-state index contributed by atoms with van der Waals surface area (Å²) in [5.41, 5.74) is 4.56. The minimum Gasteiger partial charge on any atom is -0.494 e. The van der Waals surface area contributed by atoms with Crippen molar-refractivity contribution in [3.63, 3.8) is 0 Å². The van der Waals surface area contributed by atoms with E-state index in [0.29, 0.717) is 45.9 Å². The monoisotopic (exact) mass is 421 g/mol. The second kappa shape index (κ2) is 6.94. The molecular formula is C23H20FN3O4. The van der Waals surface area contributed by atoms with Crippen LogP contribution in [0.4, 0.5) is 10.1 Å². The van der Waals surface area contributed by atoms with E-state index >= 15 is 0 Å². The summed E-state index contributed by atoms with van der Waals surface area (Å²) < 4.78 is 31.9. The van der Waals surface area contributed by atoms with Crippen LogP contribution >= 0.6 is 0 Å². The molecule has 1 atom stereocenters. The van der Waals surface area contributed by atoms with Gasteiger partial charge in [0.2, 0.25) is 0 Å². The Labute approximate surface area is 177 Å². The van der Waals surface area contributed by atoms with Gasteiger partial charge in [-0.1, -0.05) is 0 Å². The molecule has 1 N–H and O–H groups in total. The van der Waals surface area contributed by atoms with Crippen molar-refractivity contribution in [2.24, 2.45) is 10.2 Å². The predicted molar refractivity (Wildman–Crippen MR) is 115 cm³/mol. The molecule has 0 saturated heterocycles. The molecule has 3 heterocycles. The highest BCUT2D eigenvalue weighted by molar-refractivity contribution is 6.17. The van der Waals surface area contributed by atoms with Gasteiger partial charge in [-0.3, -0.25) is 4.79 Å². The smallest absolute Gasteiger partial charge is 0.265 e. The normalized spacial score (nSPS) is 17.7. The van der Waals surface area contributed by atoms with Crippen LogP contribution in [0, 0.1) is 12.7 Å². The number of nitrogens with one attached hydrogen (secondary N) is 1. The lowest BCUT2D eigenvalue weighted by Gasteiger charge is -2.25. The predicted octanol–water partition coefficient (Wildman–Crippen LogP) is 4.38. The van der Waals surface area contributed by atoms with Crippen LogP contribution in [0.2, 0.25) is 0 Å². The number of benzene rings is 2. The van der Waals surface area contributed by atoms with Crippen LogP contribution in [0.25, 0.3) is 11.0 Å². The number of fused-ring (bicyclic) bond motifs is 3. The topological polar surface area (TPSA) is 85.4 Å². The Kier molecular flexibility index (Phi) is 4.32. The Balaban J connectivity index is 1.73. The summed E-state index contributed by atoms with van der Waals surface area (Å²) in [5.74, 6) is 0.437. The lowest BCUT2D eigenvalue weighted by Crippen LogP contribution is -2.34. The Hall–Kier alpha value is -3.68. The first kappa shape index (κ1) is 19.3. The summed E-state index contributed by atoms with van der Waals surface area (Å²) >= 11 is 0. The maximum atomic E-state index is 14.9. The summed E-state index contributed by atoms with van der Waals surface area (Å²) in [4.78, 5) is 12.0. The summed E-state index contributed by atoms with van der Waals surface area (Å²) in [5, 5.41) is 12.0. The summed E-state index contributed by atoms with van der Waals surface area (Å²) in [6.07, 6.45) is -0.0631. The van der Waals surface area contributed by atoms with Crippen molar-refractivity contribution in [2.75, 3.05) is 12.4 Å². The number of rotatable bonds is 2. The molecule has 1 aromatic heterocycles. The number of aryl methyl sites for hydroxylation is 1. The number of anilines is 1. The highest BCUT2D eigenvalue weighted by Gasteiger charge is 2.29. The fraction of sp³-hybridized carbons (Fsp3) is 0.261. The molecule has 31 heavy (non-hydrogen) atoms. The lowest BCUT2D eigenvalue weighted by atomic mass is 9.94. The average Bonchev–Trinajstić information content (AvgIpc) is 2.98. The zero-order chi connectivity index (χ0) is 21.9. The van der Waals surface area contributed by atoms with E-state index < -0.39 is 11.9 Å². The van der Waals surface area contributed by atoms with E-state index in [2.05, 4.69) is 15.5 Å². The van der Waals surface area contributed by atoms with Crippen molar-refractivity contribution in [1.29, 1.82) is 0 Å². The minimum absolute atomic E-state index is 0.146. The summed E-state index contributed by atoms with van der Waals surface area (Å²) in [6, 6.07) is 6.91. The molecule has 3 aromatic rings. The van der Waals surface area contributed by atoms with Gasteiger partial charge in [-0.15, -0.1) is 5.10 Å². The lowest BCUT2D eigenvalue weighted by molar-refractivity contribution is -0.122. The van der Waals surface area contributed by atoms with Gasteiger partial charge < -0.3 is 19.2 Å². The van der Waals surface area contributed by atoms with E-state index in [0.717, 1.165) is 16.8 Å². The van der Waals surface area contributed by atoms with Crippen LogP contribution in [0.3, 0.4) is 0 Å². The molecule has 2 aliphatic rings. The number of methoxy groups -OCH3 is 1. The number of hydrogen-bond donors (Lipinski definition) is 1. The third kappa shape index (κ3) is 2.98. The van der Waals surface area contributed by atoms with Crippen LogP contribution < -0.4 is 14.8 Å². The molecule has 158 valence electrons. The first-order valence-electron chi connectivity index (χ1n) is 9.89. The molecule has 1 unspecified atom stereocenters. The fourth-order valence-electron chi connectivity index (χ4n) is 3.99. The number of hydrogen-bond acceptors (Lipinski definition) is 6. The molecule has 0 saturated carbocycles. The number of amides is 1. The van der Waals surface area contributed by atoms with Crippen molar-refractivity contribution >= 4 is 34.0 Å². The first-order chi connectivity index (χ1) is 14.9. The maximum Gasteiger partial charge on any atom is 0.265 e. The Morgan fingerprint density at radius 1 is 1.23 bits per heavy atom. The highest BCUT2D eigenvalue weighted by Crippen LogP contribution is 2.38. The maximum absolute atomic E-state index is 14.9. The number of halogens is 1. The van der Waals surface area contributed by atoms with Gasteiger partial charge >= 0.3 is 0 Å². The van der Waals surface area contributed by atoms with Crippen molar-refractivity contribution in [3.05, 3.63) is 52.5 Å². The van der Waals surface area contributed by atoms with Crippen LogP contribution in [0.5, 0.6) is 11.5 Å². The van der Waals surface area contributed by atoms with Gasteiger partial charge in [0.25, 0.3) is 5.91 Å². The zero-order valence-corrected chi connectivity index (χ0v) is 17.5. The molecule has 0 aliphatic carbocycles. The van der Waals surface area contributed by atoms with E-state index in [4.69, 9.17) is 13.9 Å². The Morgan fingerprint density at radius 2 is 2.03 bits per heavy atom. The molecule has 8 heteroatoms. The molecule has 2 aliphatic heterocycles. The van der Waals surface area contributed by atoms with E-state index in [9.17, 15) is 9.18 Å². The van der Waals surface area contributed by atoms with Crippen molar-refractivity contribution in [3.8, 4) is 11.5 Å². The SMILES string of the molecule is COc1ccc2oc(C3=NN=C(C)Cc4cc5c(cc43)OC(C)C(=O)N5)c(C)c2c1F. The fourth-order valence-corrected chi connectivity index (χ4v) is 3.99. The highest BCUT2D eigenvalue weighted by atomic mass is 19.1. The Morgan fingerprint density at radius 3 is 2.81 bits per heavy atom. The van der Waals surface area contributed by atoms with Gasteiger partial charge in [0, 0.05) is 23.3 Å². The van der Waals surface area contributed by atoms with E-state index in [-0.39, 0.29) is 11.7 Å². The van der Waals surface area contributed by atoms with Crippen LogP contribution in [0.15, 0.2) is 38.9 Å². The minimum atomic E-state index is -0.607. The first-order valence-corrected chi connectivity index (χ1v) is 9.89. The number of ether oxygens (including phenoxy) is 2. The van der Waals surface area contributed by atoms with Gasteiger partial charge in [-0.2, -0.15) is 5.10 Å². The molecule has 0 spiro atoms. The number of carbonyl (C=O) groups is 1. The van der Waals surface area contributed by atoms with E-state index in [1.807, 2.05) is 19.1 Å². The molecular weight excluding hydrogens is 401 g/mol. The average molecular weight is 421 g/mol. The molecule has 7 nitrogen and oxygen atoms in total. The van der Waals surface area contributed by atoms with E-state index in [1.54, 1.807) is 19.9 Å². The third-order valence-corrected chi connectivity index (χ3v) is 5.59. The second-order valence-electron chi connectivity index (χ2n) is 7.73. The largest absolute Gasteiger partial charge is 0.494 e. The third-order valence-electron chi connectivity index (χ3n) is 5.59. The zero-order valence-electron chi connectivity index (χ0n) is 17.5. The van der Waals surface area contributed by atoms with Gasteiger partial charge in [-0.05, 0) is 50.6 Å². The van der Waals surface area contributed by atoms with Crippen molar-refractivity contribution < 1.29 is 23.1 Å². The van der Waals surface area contributed by atoms with Crippen molar-refractivity contribution in [1.82, 2.24) is 0 Å². The van der Waals surface area contributed by atoms with Crippen LogP contribution in [-0.4, -0.2) is 30.5 Å².